The first kappa shape index (κ1) is 15.2. The third-order valence-corrected chi connectivity index (χ3v) is 3.73. The molecular weight excluding hydrogens is 292 g/mol. The molecule has 1 aromatic rings. The number of hydrogen-bond acceptors (Lipinski definition) is 3. The molecule has 0 amide bonds. The summed E-state index contributed by atoms with van der Waals surface area (Å²) in [5.74, 6) is 0. The number of nitrogens with zero attached hydrogens (tertiary/aromatic N) is 2. The van der Waals surface area contributed by atoms with Gasteiger partial charge in [-0.1, -0.05) is 30.2 Å². The molecular formula is C14H19ClN4S. The van der Waals surface area contributed by atoms with Crippen LogP contribution in [0.1, 0.15) is 24.8 Å². The highest BCUT2D eigenvalue weighted by molar-refractivity contribution is 7.80. The summed E-state index contributed by atoms with van der Waals surface area (Å²) in [6, 6.07) is 8.31. The van der Waals surface area contributed by atoms with Gasteiger partial charge in [0.15, 0.2) is 5.11 Å². The number of hydrazone groups is 1. The molecule has 1 unspecified atom stereocenters. The van der Waals surface area contributed by atoms with Crippen molar-refractivity contribution in [3.05, 3.63) is 34.9 Å². The molecule has 0 spiro atoms. The van der Waals surface area contributed by atoms with Crippen molar-refractivity contribution < 1.29 is 0 Å². The lowest BCUT2D eigenvalue weighted by Gasteiger charge is -2.33. The zero-order chi connectivity index (χ0) is 14.4. The van der Waals surface area contributed by atoms with Gasteiger partial charge in [0.1, 0.15) is 0 Å². The smallest absolute Gasteiger partial charge is 0.184 e. The van der Waals surface area contributed by atoms with Crippen molar-refractivity contribution in [1.82, 2.24) is 10.3 Å². The highest BCUT2D eigenvalue weighted by Crippen LogP contribution is 2.19. The molecule has 1 aromatic carbocycles. The predicted octanol–water partition coefficient (Wildman–Crippen LogP) is 2.51. The Kier molecular flexibility index (Phi) is 5.76. The van der Waals surface area contributed by atoms with Crippen LogP contribution in [0.15, 0.2) is 29.4 Å². The molecule has 0 radical (unpaired) electrons. The summed E-state index contributed by atoms with van der Waals surface area (Å²) in [6.45, 7) is 1.98. The molecule has 1 aliphatic heterocycles. The molecule has 2 rings (SSSR count). The Labute approximate surface area is 130 Å². The van der Waals surface area contributed by atoms with Gasteiger partial charge in [0, 0.05) is 23.8 Å². The Morgan fingerprint density at radius 2 is 2.20 bits per heavy atom. The fourth-order valence-corrected chi connectivity index (χ4v) is 2.57. The number of piperidine rings is 1. The highest BCUT2D eigenvalue weighted by Gasteiger charge is 2.20. The van der Waals surface area contributed by atoms with Crippen molar-refractivity contribution in [3.63, 3.8) is 0 Å². The van der Waals surface area contributed by atoms with E-state index >= 15 is 0 Å². The SMILES string of the molecule is NC(=S)N/N=C/C1CCCCN1Cc1ccc(Cl)cc1. The summed E-state index contributed by atoms with van der Waals surface area (Å²) < 4.78 is 0. The lowest BCUT2D eigenvalue weighted by molar-refractivity contribution is 0.186. The van der Waals surface area contributed by atoms with Crippen LogP contribution in [0.5, 0.6) is 0 Å². The van der Waals surface area contributed by atoms with Crippen molar-refractivity contribution >= 4 is 35.1 Å². The van der Waals surface area contributed by atoms with E-state index in [1.54, 1.807) is 0 Å². The largest absolute Gasteiger partial charge is 0.375 e. The Morgan fingerprint density at radius 3 is 2.90 bits per heavy atom. The van der Waals surface area contributed by atoms with E-state index in [4.69, 9.17) is 29.6 Å². The fourth-order valence-electron chi connectivity index (χ4n) is 2.39. The molecule has 0 aromatic heterocycles. The number of nitrogens with two attached hydrogens (primary N) is 1. The second-order valence-electron chi connectivity index (χ2n) is 4.91. The van der Waals surface area contributed by atoms with E-state index < -0.39 is 0 Å². The van der Waals surface area contributed by atoms with Crippen LogP contribution >= 0.6 is 23.8 Å². The van der Waals surface area contributed by atoms with E-state index in [0.717, 1.165) is 24.5 Å². The van der Waals surface area contributed by atoms with Crippen LogP contribution in [-0.4, -0.2) is 28.8 Å². The molecule has 1 aliphatic rings. The summed E-state index contributed by atoms with van der Waals surface area (Å²) in [5, 5.41) is 5.06. The summed E-state index contributed by atoms with van der Waals surface area (Å²) in [7, 11) is 0. The maximum absolute atomic E-state index is 5.91. The third-order valence-electron chi connectivity index (χ3n) is 3.38. The molecule has 20 heavy (non-hydrogen) atoms. The van der Waals surface area contributed by atoms with Gasteiger partial charge < -0.3 is 5.73 Å². The number of likely N-dealkylation sites (tertiary alicyclic amines) is 1. The minimum atomic E-state index is 0.196. The van der Waals surface area contributed by atoms with Crippen LogP contribution in [0.4, 0.5) is 0 Å². The van der Waals surface area contributed by atoms with Gasteiger partial charge in [0.25, 0.3) is 0 Å². The molecule has 1 fully saturated rings. The Balaban J connectivity index is 1.97. The van der Waals surface area contributed by atoms with Crippen molar-refractivity contribution in [3.8, 4) is 0 Å². The Morgan fingerprint density at radius 1 is 1.45 bits per heavy atom. The number of nitrogens with one attached hydrogen (secondary N) is 1. The van der Waals surface area contributed by atoms with Crippen molar-refractivity contribution in [2.75, 3.05) is 6.54 Å². The van der Waals surface area contributed by atoms with Crippen molar-refractivity contribution in [2.45, 2.75) is 31.8 Å². The van der Waals surface area contributed by atoms with Gasteiger partial charge in [-0.05, 0) is 49.3 Å². The molecule has 108 valence electrons. The third kappa shape index (κ3) is 4.74. The number of hydrogen-bond donors (Lipinski definition) is 2. The first-order chi connectivity index (χ1) is 9.65. The first-order valence-electron chi connectivity index (χ1n) is 6.72. The van der Waals surface area contributed by atoms with E-state index in [9.17, 15) is 0 Å². The van der Waals surface area contributed by atoms with Gasteiger partial charge >= 0.3 is 0 Å². The fraction of sp³-hybridized carbons (Fsp3) is 0.429. The van der Waals surface area contributed by atoms with E-state index in [1.165, 1.54) is 18.4 Å². The Bertz CT molecular complexity index is 475. The average Bonchev–Trinajstić information content (AvgIpc) is 2.43. The van der Waals surface area contributed by atoms with Gasteiger partial charge in [-0.15, -0.1) is 0 Å². The van der Waals surface area contributed by atoms with E-state index in [1.807, 2.05) is 18.3 Å². The Hall–Kier alpha value is -1.17. The van der Waals surface area contributed by atoms with E-state index in [0.29, 0.717) is 6.04 Å². The van der Waals surface area contributed by atoms with Gasteiger partial charge in [0.2, 0.25) is 0 Å². The minimum absolute atomic E-state index is 0.196. The van der Waals surface area contributed by atoms with E-state index in [2.05, 4.69) is 27.6 Å². The highest BCUT2D eigenvalue weighted by atomic mass is 35.5. The lowest BCUT2D eigenvalue weighted by atomic mass is 10.0. The molecule has 6 heteroatoms. The molecule has 0 aliphatic carbocycles. The number of thiocarbonyl (C=S) groups is 1. The van der Waals surface area contributed by atoms with E-state index in [-0.39, 0.29) is 5.11 Å². The van der Waals surface area contributed by atoms with Crippen molar-refractivity contribution in [2.24, 2.45) is 10.8 Å². The number of rotatable bonds is 4. The van der Waals surface area contributed by atoms with Gasteiger partial charge in [-0.3, -0.25) is 10.3 Å². The van der Waals surface area contributed by atoms with Crippen LogP contribution in [0, 0.1) is 0 Å². The molecule has 1 saturated heterocycles. The molecule has 0 saturated carbocycles. The first-order valence-corrected chi connectivity index (χ1v) is 7.51. The van der Waals surface area contributed by atoms with Crippen LogP contribution in [0.2, 0.25) is 5.02 Å². The summed E-state index contributed by atoms with van der Waals surface area (Å²) in [5.41, 5.74) is 9.24. The van der Waals surface area contributed by atoms with Crippen LogP contribution in [0.25, 0.3) is 0 Å². The molecule has 0 bridgehead atoms. The summed E-state index contributed by atoms with van der Waals surface area (Å²) in [6.07, 6.45) is 5.45. The van der Waals surface area contributed by atoms with Crippen LogP contribution < -0.4 is 11.2 Å². The predicted molar refractivity (Wildman–Crippen MR) is 87.9 cm³/mol. The second-order valence-corrected chi connectivity index (χ2v) is 5.79. The zero-order valence-electron chi connectivity index (χ0n) is 11.3. The van der Waals surface area contributed by atoms with Crippen molar-refractivity contribution in [1.29, 1.82) is 0 Å². The monoisotopic (exact) mass is 310 g/mol. The second kappa shape index (κ2) is 7.57. The number of benzene rings is 1. The van der Waals surface area contributed by atoms with Gasteiger partial charge in [-0.2, -0.15) is 5.10 Å². The molecule has 4 nitrogen and oxygen atoms in total. The molecule has 3 N–H and O–H groups in total. The lowest BCUT2D eigenvalue weighted by Crippen LogP contribution is -2.40. The molecule has 1 atom stereocenters. The maximum Gasteiger partial charge on any atom is 0.184 e. The average molecular weight is 311 g/mol. The maximum atomic E-state index is 5.91. The van der Waals surface area contributed by atoms with Crippen LogP contribution in [0.3, 0.4) is 0 Å². The molecule has 1 heterocycles. The summed E-state index contributed by atoms with van der Waals surface area (Å²) >= 11 is 10.6. The van der Waals surface area contributed by atoms with Gasteiger partial charge in [0.05, 0.1) is 0 Å². The standard InChI is InChI=1S/C14H19ClN4S/c15-12-6-4-11(5-7-12)10-19-8-2-1-3-13(19)9-17-18-14(16)20/h4-7,9,13H,1-3,8,10H2,(H3,16,18,20)/b17-9+. The minimum Gasteiger partial charge on any atom is -0.375 e. The number of halogens is 1. The van der Waals surface area contributed by atoms with Gasteiger partial charge in [-0.25, -0.2) is 0 Å². The summed E-state index contributed by atoms with van der Waals surface area (Å²) in [4.78, 5) is 2.41. The van der Waals surface area contributed by atoms with Crippen LogP contribution in [-0.2, 0) is 6.54 Å². The topological polar surface area (TPSA) is 53.6 Å². The normalized spacial score (nSPS) is 20.1. The quantitative estimate of drug-likeness (QED) is 0.510. The zero-order valence-corrected chi connectivity index (χ0v) is 12.8.